The summed E-state index contributed by atoms with van der Waals surface area (Å²) in [6.07, 6.45) is 0. The van der Waals surface area contributed by atoms with E-state index in [1.54, 1.807) is 6.07 Å². The molecule has 0 aliphatic carbocycles. The van der Waals surface area contributed by atoms with Gasteiger partial charge in [-0.3, -0.25) is 0 Å². The Morgan fingerprint density at radius 2 is 2.16 bits per heavy atom. The lowest BCUT2D eigenvalue weighted by molar-refractivity contribution is 0.0692. The summed E-state index contributed by atoms with van der Waals surface area (Å²) in [5.74, 6) is -1.28. The van der Waals surface area contributed by atoms with E-state index in [-0.39, 0.29) is 5.56 Å². The molecule has 3 aromatic rings. The smallest absolute Gasteiger partial charge is 0.351 e. The quantitative estimate of drug-likeness (QED) is 0.685. The van der Waals surface area contributed by atoms with Gasteiger partial charge in [-0.2, -0.15) is 0 Å². The maximum Gasteiger partial charge on any atom is 0.351 e. The number of aryl methyl sites for hydroxylation is 1. The average molecular weight is 339 g/mol. The Hall–Kier alpha value is -1.66. The van der Waals surface area contributed by atoms with E-state index < -0.39 is 11.6 Å². The van der Waals surface area contributed by atoms with E-state index in [0.717, 1.165) is 19.4 Å². The van der Waals surface area contributed by atoms with Crippen molar-refractivity contribution in [1.82, 2.24) is 0 Å². The van der Waals surface area contributed by atoms with Crippen molar-refractivity contribution in [3.63, 3.8) is 0 Å². The van der Waals surface area contributed by atoms with Crippen molar-refractivity contribution in [2.24, 2.45) is 0 Å². The Labute approximate surface area is 119 Å². The molecule has 96 valence electrons. The number of hydrogen-bond acceptors (Lipinski definition) is 4. The molecule has 19 heavy (non-hydrogen) atoms. The van der Waals surface area contributed by atoms with Gasteiger partial charge in [0.2, 0.25) is 0 Å². The number of benzene rings is 1. The van der Waals surface area contributed by atoms with Crippen LogP contribution >= 0.6 is 27.3 Å². The molecule has 0 unspecified atom stereocenters. The molecule has 0 amide bonds. The van der Waals surface area contributed by atoms with Gasteiger partial charge in [0.05, 0.1) is 4.70 Å². The number of halogens is 1. The molecule has 1 aromatic carbocycles. The van der Waals surface area contributed by atoms with Crippen LogP contribution in [0.25, 0.3) is 21.1 Å². The van der Waals surface area contributed by atoms with Gasteiger partial charge in [0, 0.05) is 20.1 Å². The van der Waals surface area contributed by atoms with E-state index in [2.05, 4.69) is 15.9 Å². The maximum absolute atomic E-state index is 11.7. The minimum absolute atomic E-state index is 0.348. The SMILES string of the molecule is Cc1sc2c(ccc3cc(C(=O)O)c(=O)oc32)c1Br. The molecule has 0 atom stereocenters. The van der Waals surface area contributed by atoms with Gasteiger partial charge in [-0.1, -0.05) is 12.1 Å². The van der Waals surface area contributed by atoms with Gasteiger partial charge in [-0.15, -0.1) is 11.3 Å². The highest BCUT2D eigenvalue weighted by molar-refractivity contribution is 9.10. The summed E-state index contributed by atoms with van der Waals surface area (Å²) in [4.78, 5) is 23.7. The normalized spacial score (nSPS) is 11.3. The van der Waals surface area contributed by atoms with Crippen molar-refractivity contribution in [3.8, 4) is 0 Å². The fourth-order valence-corrected chi connectivity index (χ4v) is 3.71. The molecule has 4 nitrogen and oxygen atoms in total. The number of fused-ring (bicyclic) bond motifs is 3. The van der Waals surface area contributed by atoms with Gasteiger partial charge < -0.3 is 9.52 Å². The molecule has 0 fully saturated rings. The van der Waals surface area contributed by atoms with Crippen LogP contribution < -0.4 is 5.63 Å². The first-order chi connectivity index (χ1) is 8.99. The first-order valence-corrected chi connectivity index (χ1v) is 6.98. The number of rotatable bonds is 1. The summed E-state index contributed by atoms with van der Waals surface area (Å²) in [5, 5.41) is 10.5. The Bertz CT molecular complexity index is 891. The topological polar surface area (TPSA) is 67.5 Å². The molecule has 2 heterocycles. The summed E-state index contributed by atoms with van der Waals surface area (Å²) in [7, 11) is 0. The largest absolute Gasteiger partial charge is 0.477 e. The van der Waals surface area contributed by atoms with E-state index in [1.165, 1.54) is 17.4 Å². The van der Waals surface area contributed by atoms with Crippen molar-refractivity contribution in [3.05, 3.63) is 43.5 Å². The molecular weight excluding hydrogens is 332 g/mol. The number of aromatic carboxylic acids is 1. The number of thiophene rings is 1. The second kappa shape index (κ2) is 4.18. The second-order valence-corrected chi connectivity index (χ2v) is 6.10. The summed E-state index contributed by atoms with van der Waals surface area (Å²) in [5.41, 5.74) is -0.736. The average Bonchev–Trinajstić information content (AvgIpc) is 2.65. The summed E-state index contributed by atoms with van der Waals surface area (Å²) in [6, 6.07) is 4.99. The molecular formula is C13H7BrO4S. The van der Waals surface area contributed by atoms with Crippen LogP contribution in [0.5, 0.6) is 0 Å². The Balaban J connectivity index is 2.50. The molecule has 0 aliphatic rings. The Kier molecular flexibility index (Phi) is 2.72. The minimum atomic E-state index is -1.28. The van der Waals surface area contributed by atoms with Gasteiger partial charge in [0.25, 0.3) is 0 Å². The van der Waals surface area contributed by atoms with Crippen LogP contribution in [-0.4, -0.2) is 11.1 Å². The van der Waals surface area contributed by atoms with Gasteiger partial charge in [-0.25, -0.2) is 9.59 Å². The molecule has 3 rings (SSSR count). The first kappa shape index (κ1) is 12.4. The molecule has 1 N–H and O–H groups in total. The summed E-state index contributed by atoms with van der Waals surface area (Å²) < 4.78 is 7.00. The third kappa shape index (κ3) is 1.79. The number of carbonyl (C=O) groups is 1. The lowest BCUT2D eigenvalue weighted by atomic mass is 10.1. The Morgan fingerprint density at radius 1 is 1.42 bits per heavy atom. The van der Waals surface area contributed by atoms with Crippen LogP contribution in [0.3, 0.4) is 0 Å². The lowest BCUT2D eigenvalue weighted by Crippen LogP contribution is -2.12. The third-order valence-corrected chi connectivity index (χ3v) is 5.29. The van der Waals surface area contributed by atoms with Crippen LogP contribution in [0.4, 0.5) is 0 Å². The molecule has 2 aromatic heterocycles. The van der Waals surface area contributed by atoms with Crippen molar-refractivity contribution in [2.45, 2.75) is 6.92 Å². The minimum Gasteiger partial charge on any atom is -0.477 e. The van der Waals surface area contributed by atoms with Crippen molar-refractivity contribution < 1.29 is 14.3 Å². The fourth-order valence-electron chi connectivity index (χ4n) is 1.97. The fraction of sp³-hybridized carbons (Fsp3) is 0.0769. The highest BCUT2D eigenvalue weighted by Crippen LogP contribution is 2.38. The maximum atomic E-state index is 11.7. The molecule has 6 heteroatoms. The predicted octanol–water partition coefficient (Wildman–Crippen LogP) is 3.78. The highest BCUT2D eigenvalue weighted by atomic mass is 79.9. The van der Waals surface area contributed by atoms with E-state index in [1.807, 2.05) is 13.0 Å². The van der Waals surface area contributed by atoms with Crippen LogP contribution in [0.2, 0.25) is 0 Å². The molecule has 0 spiro atoms. The van der Waals surface area contributed by atoms with E-state index in [4.69, 9.17) is 9.52 Å². The summed E-state index contributed by atoms with van der Waals surface area (Å²) >= 11 is 4.99. The summed E-state index contributed by atoms with van der Waals surface area (Å²) in [6.45, 7) is 1.96. The molecule has 0 saturated carbocycles. The van der Waals surface area contributed by atoms with E-state index in [9.17, 15) is 9.59 Å². The van der Waals surface area contributed by atoms with Crippen molar-refractivity contribution >= 4 is 54.3 Å². The molecule has 0 radical (unpaired) electrons. The molecule has 0 bridgehead atoms. The van der Waals surface area contributed by atoms with E-state index >= 15 is 0 Å². The van der Waals surface area contributed by atoms with Gasteiger partial charge in [-0.05, 0) is 28.9 Å². The number of carboxylic acid groups (broad SMARTS) is 1. The van der Waals surface area contributed by atoms with Crippen LogP contribution in [0.15, 0.2) is 31.9 Å². The van der Waals surface area contributed by atoms with Crippen LogP contribution in [-0.2, 0) is 0 Å². The van der Waals surface area contributed by atoms with Gasteiger partial charge in [0.15, 0.2) is 5.58 Å². The highest BCUT2D eigenvalue weighted by Gasteiger charge is 2.16. The zero-order valence-corrected chi connectivity index (χ0v) is 12.1. The third-order valence-electron chi connectivity index (χ3n) is 2.89. The van der Waals surface area contributed by atoms with Crippen molar-refractivity contribution in [1.29, 1.82) is 0 Å². The molecule has 0 aliphatic heterocycles. The zero-order valence-electron chi connectivity index (χ0n) is 9.69. The van der Waals surface area contributed by atoms with Crippen LogP contribution in [0.1, 0.15) is 15.2 Å². The monoisotopic (exact) mass is 338 g/mol. The predicted molar refractivity (Wildman–Crippen MR) is 77.3 cm³/mol. The lowest BCUT2D eigenvalue weighted by Gasteiger charge is -2.00. The van der Waals surface area contributed by atoms with Gasteiger partial charge >= 0.3 is 11.6 Å². The second-order valence-electron chi connectivity index (χ2n) is 4.09. The van der Waals surface area contributed by atoms with Gasteiger partial charge in [0.1, 0.15) is 5.56 Å². The molecule has 0 saturated heterocycles. The standard InChI is InChI=1S/C13H7BrO4S/c1-5-9(14)7-3-2-6-4-8(12(15)16)13(17)18-10(6)11(7)19-5/h2-4H,1H3,(H,15,16). The zero-order chi connectivity index (χ0) is 13.7. The number of hydrogen-bond donors (Lipinski definition) is 1. The van der Waals surface area contributed by atoms with Crippen LogP contribution in [0, 0.1) is 6.92 Å². The van der Waals surface area contributed by atoms with E-state index in [0.29, 0.717) is 11.0 Å². The first-order valence-electron chi connectivity index (χ1n) is 5.38. The Morgan fingerprint density at radius 3 is 2.84 bits per heavy atom. The number of carboxylic acids is 1. The van der Waals surface area contributed by atoms with Crippen molar-refractivity contribution in [2.75, 3.05) is 0 Å².